The second kappa shape index (κ2) is 12.4. The standard InChI is InChI=1S/C27H30IN3O4S/c1-4-25(27(33)29-3)30(18-21-11-9-8-10-20(21)2)26(32)19-31(23-16-14-22(28)15-17-23)36(34,35)24-12-6-5-7-13-24/h5-17,25H,4,18-19H2,1-3H3,(H,29,33). The molecular formula is C27H30IN3O4S. The number of hydrogen-bond donors (Lipinski definition) is 1. The largest absolute Gasteiger partial charge is 0.357 e. The number of carbonyl (C=O) groups excluding carboxylic acids is 2. The monoisotopic (exact) mass is 619 g/mol. The third kappa shape index (κ3) is 6.44. The fraction of sp³-hybridized carbons (Fsp3) is 0.259. The molecule has 2 amide bonds. The Labute approximate surface area is 226 Å². The minimum absolute atomic E-state index is 0.0835. The molecule has 0 fully saturated rings. The van der Waals surface area contributed by atoms with Gasteiger partial charge in [0.25, 0.3) is 10.0 Å². The first-order valence-electron chi connectivity index (χ1n) is 11.6. The van der Waals surface area contributed by atoms with Crippen molar-refractivity contribution < 1.29 is 18.0 Å². The van der Waals surface area contributed by atoms with Crippen molar-refractivity contribution >= 4 is 50.1 Å². The topological polar surface area (TPSA) is 86.8 Å². The summed E-state index contributed by atoms with van der Waals surface area (Å²) in [6, 6.07) is 21.8. The number of nitrogens with zero attached hydrogens (tertiary/aromatic N) is 2. The number of amides is 2. The van der Waals surface area contributed by atoms with Gasteiger partial charge in [-0.25, -0.2) is 8.42 Å². The average molecular weight is 620 g/mol. The van der Waals surface area contributed by atoms with Crippen LogP contribution in [-0.2, 0) is 26.2 Å². The maximum Gasteiger partial charge on any atom is 0.264 e. The smallest absolute Gasteiger partial charge is 0.264 e. The van der Waals surface area contributed by atoms with E-state index in [4.69, 9.17) is 0 Å². The molecule has 0 radical (unpaired) electrons. The number of carbonyl (C=O) groups is 2. The number of hydrogen-bond acceptors (Lipinski definition) is 4. The van der Waals surface area contributed by atoms with E-state index in [0.29, 0.717) is 12.1 Å². The fourth-order valence-corrected chi connectivity index (χ4v) is 5.71. The summed E-state index contributed by atoms with van der Waals surface area (Å²) in [6.45, 7) is 3.51. The van der Waals surface area contributed by atoms with Crippen LogP contribution in [0.2, 0.25) is 0 Å². The number of nitrogens with one attached hydrogen (secondary N) is 1. The molecular weight excluding hydrogens is 589 g/mol. The first-order valence-corrected chi connectivity index (χ1v) is 14.1. The van der Waals surface area contributed by atoms with Crippen LogP contribution < -0.4 is 9.62 Å². The molecule has 1 atom stereocenters. The van der Waals surface area contributed by atoms with Gasteiger partial charge in [0, 0.05) is 17.2 Å². The third-order valence-corrected chi connectivity index (χ3v) is 8.47. The molecule has 3 aromatic rings. The number of rotatable bonds is 10. The number of likely N-dealkylation sites (N-methyl/N-ethyl adjacent to an activating group) is 1. The zero-order valence-corrected chi connectivity index (χ0v) is 23.5. The van der Waals surface area contributed by atoms with Gasteiger partial charge in [0.2, 0.25) is 11.8 Å². The van der Waals surface area contributed by atoms with Gasteiger partial charge in [-0.15, -0.1) is 0 Å². The zero-order valence-electron chi connectivity index (χ0n) is 20.5. The SMILES string of the molecule is CCC(C(=O)NC)N(Cc1ccccc1C)C(=O)CN(c1ccc(I)cc1)S(=O)(=O)c1ccccc1. The molecule has 0 aliphatic heterocycles. The summed E-state index contributed by atoms with van der Waals surface area (Å²) in [6.07, 6.45) is 0.381. The zero-order chi connectivity index (χ0) is 26.3. The molecule has 0 aliphatic rings. The highest BCUT2D eigenvalue weighted by atomic mass is 127. The summed E-state index contributed by atoms with van der Waals surface area (Å²) >= 11 is 2.14. The van der Waals surface area contributed by atoms with Crippen LogP contribution in [0.3, 0.4) is 0 Å². The minimum atomic E-state index is -4.05. The van der Waals surface area contributed by atoms with Gasteiger partial charge < -0.3 is 10.2 Å². The molecule has 0 saturated heterocycles. The van der Waals surface area contributed by atoms with Crippen LogP contribution in [0.4, 0.5) is 5.69 Å². The fourth-order valence-electron chi connectivity index (χ4n) is 3.91. The Morgan fingerprint density at radius 3 is 2.14 bits per heavy atom. The van der Waals surface area contributed by atoms with E-state index in [1.165, 1.54) is 24.1 Å². The van der Waals surface area contributed by atoms with Crippen LogP contribution >= 0.6 is 22.6 Å². The maximum absolute atomic E-state index is 13.8. The summed E-state index contributed by atoms with van der Waals surface area (Å²) < 4.78 is 29.4. The molecule has 0 spiro atoms. The molecule has 3 rings (SSSR count). The molecule has 7 nitrogen and oxygen atoms in total. The minimum Gasteiger partial charge on any atom is -0.357 e. The quantitative estimate of drug-likeness (QED) is 0.342. The summed E-state index contributed by atoms with van der Waals surface area (Å²) in [5.74, 6) is -0.766. The van der Waals surface area contributed by atoms with Crippen molar-refractivity contribution in [3.63, 3.8) is 0 Å². The third-order valence-electron chi connectivity index (χ3n) is 5.96. The molecule has 1 unspecified atom stereocenters. The second-order valence-corrected chi connectivity index (χ2v) is 11.4. The van der Waals surface area contributed by atoms with Gasteiger partial charge in [0.1, 0.15) is 12.6 Å². The van der Waals surface area contributed by atoms with Gasteiger partial charge in [0.05, 0.1) is 10.6 Å². The Hall–Kier alpha value is -2.92. The summed E-state index contributed by atoms with van der Waals surface area (Å²) in [4.78, 5) is 28.1. The van der Waals surface area contributed by atoms with E-state index in [-0.39, 0.29) is 17.3 Å². The Morgan fingerprint density at radius 1 is 0.944 bits per heavy atom. The van der Waals surface area contributed by atoms with Crippen LogP contribution in [0.5, 0.6) is 0 Å². The summed E-state index contributed by atoms with van der Waals surface area (Å²) in [5, 5.41) is 2.63. The average Bonchev–Trinajstić information content (AvgIpc) is 2.89. The van der Waals surface area contributed by atoms with Gasteiger partial charge in [-0.1, -0.05) is 49.4 Å². The Kier molecular flexibility index (Phi) is 9.49. The highest BCUT2D eigenvalue weighted by molar-refractivity contribution is 14.1. The van der Waals surface area contributed by atoms with Crippen LogP contribution in [0.15, 0.2) is 83.8 Å². The normalized spacial score (nSPS) is 12.0. The number of benzene rings is 3. The Bertz CT molecular complexity index is 1300. The molecule has 0 aliphatic carbocycles. The Morgan fingerprint density at radius 2 is 1.56 bits per heavy atom. The van der Waals surface area contributed by atoms with E-state index in [2.05, 4.69) is 27.9 Å². The summed E-state index contributed by atoms with van der Waals surface area (Å²) in [5.41, 5.74) is 2.24. The van der Waals surface area contributed by atoms with Gasteiger partial charge >= 0.3 is 0 Å². The van der Waals surface area contributed by atoms with Crippen LogP contribution in [0.25, 0.3) is 0 Å². The highest BCUT2D eigenvalue weighted by Gasteiger charge is 2.33. The molecule has 3 aromatic carbocycles. The van der Waals surface area contributed by atoms with Gasteiger partial charge in [0.15, 0.2) is 0 Å². The number of anilines is 1. The number of aryl methyl sites for hydroxylation is 1. The lowest BCUT2D eigenvalue weighted by Gasteiger charge is -2.33. The van der Waals surface area contributed by atoms with E-state index in [1.54, 1.807) is 42.5 Å². The van der Waals surface area contributed by atoms with E-state index in [9.17, 15) is 18.0 Å². The number of sulfonamides is 1. The first kappa shape index (κ1) is 27.7. The van der Waals surface area contributed by atoms with Crippen molar-refractivity contribution in [1.82, 2.24) is 10.2 Å². The lowest BCUT2D eigenvalue weighted by atomic mass is 10.1. The lowest BCUT2D eigenvalue weighted by molar-refractivity contribution is -0.140. The van der Waals surface area contributed by atoms with E-state index < -0.39 is 28.5 Å². The molecule has 0 heterocycles. The maximum atomic E-state index is 13.8. The molecule has 0 aromatic heterocycles. The molecule has 0 bridgehead atoms. The van der Waals surface area contributed by atoms with Crippen molar-refractivity contribution in [2.75, 3.05) is 17.9 Å². The van der Waals surface area contributed by atoms with Gasteiger partial charge in [-0.2, -0.15) is 0 Å². The van der Waals surface area contributed by atoms with E-state index in [1.807, 2.05) is 38.1 Å². The first-order chi connectivity index (χ1) is 17.2. The molecule has 1 N–H and O–H groups in total. The highest BCUT2D eigenvalue weighted by Crippen LogP contribution is 2.25. The van der Waals surface area contributed by atoms with Gasteiger partial charge in [-0.05, 0) is 83.5 Å². The molecule has 36 heavy (non-hydrogen) atoms. The van der Waals surface area contributed by atoms with Crippen molar-refractivity contribution in [3.05, 3.63) is 93.6 Å². The molecule has 9 heteroatoms. The van der Waals surface area contributed by atoms with Crippen molar-refractivity contribution in [3.8, 4) is 0 Å². The van der Waals surface area contributed by atoms with E-state index >= 15 is 0 Å². The Balaban J connectivity index is 2.05. The van der Waals surface area contributed by atoms with Crippen LogP contribution in [0, 0.1) is 10.5 Å². The second-order valence-electron chi connectivity index (χ2n) is 8.29. The van der Waals surface area contributed by atoms with Crippen molar-refractivity contribution in [2.24, 2.45) is 0 Å². The predicted molar refractivity (Wildman–Crippen MR) is 150 cm³/mol. The van der Waals surface area contributed by atoms with Crippen LogP contribution in [0.1, 0.15) is 24.5 Å². The molecule has 0 saturated carbocycles. The van der Waals surface area contributed by atoms with Crippen LogP contribution in [-0.4, -0.2) is 44.8 Å². The van der Waals surface area contributed by atoms with Crippen molar-refractivity contribution in [1.29, 1.82) is 0 Å². The number of halogens is 1. The summed E-state index contributed by atoms with van der Waals surface area (Å²) in [7, 11) is -2.53. The molecule has 190 valence electrons. The van der Waals surface area contributed by atoms with Gasteiger partial charge in [-0.3, -0.25) is 13.9 Å². The van der Waals surface area contributed by atoms with E-state index in [0.717, 1.165) is 19.0 Å². The van der Waals surface area contributed by atoms with Crippen molar-refractivity contribution in [2.45, 2.75) is 37.8 Å². The lowest BCUT2D eigenvalue weighted by Crippen LogP contribution is -2.51. The predicted octanol–water partition coefficient (Wildman–Crippen LogP) is 4.35.